The molecule has 80 valence electrons. The average Bonchev–Trinajstić information content (AvgIpc) is 2.63. The van der Waals surface area contributed by atoms with Gasteiger partial charge in [-0.1, -0.05) is 0 Å². The molecule has 1 rings (SSSR count). The number of carbonyl (C=O) groups is 1. The zero-order valence-corrected chi connectivity index (χ0v) is 8.26. The Kier molecular flexibility index (Phi) is 4.58. The van der Waals surface area contributed by atoms with E-state index in [1.807, 2.05) is 6.92 Å². The summed E-state index contributed by atoms with van der Waals surface area (Å²) in [7, 11) is 1.32. The third kappa shape index (κ3) is 3.45. The fourth-order valence-electron chi connectivity index (χ4n) is 1.05. The number of carbonyl (C=O) groups excluding carboxylic acids is 1. The molecule has 0 amide bonds. The monoisotopic (exact) mass is 202 g/mol. The SMILES string of the molecule is CCO[C@H]1C[C@H](/C=C\C(=O)OC)OO1. The van der Waals surface area contributed by atoms with Crippen LogP contribution in [0.15, 0.2) is 12.2 Å². The van der Waals surface area contributed by atoms with Gasteiger partial charge in [0.05, 0.1) is 7.11 Å². The largest absolute Gasteiger partial charge is 0.466 e. The van der Waals surface area contributed by atoms with Crippen molar-refractivity contribution >= 4 is 5.97 Å². The number of rotatable bonds is 4. The summed E-state index contributed by atoms with van der Waals surface area (Å²) in [6.45, 7) is 2.45. The third-order valence-corrected chi connectivity index (χ3v) is 1.71. The Bertz CT molecular complexity index is 213. The maximum Gasteiger partial charge on any atom is 0.330 e. The standard InChI is InChI=1S/C9H14O5/c1-3-12-9-6-7(13-14-9)4-5-8(10)11-2/h4-5,7,9H,3,6H2,1-2H3/b5-4-/t7-,9+/m0/s1. The first-order valence-electron chi connectivity index (χ1n) is 4.46. The van der Waals surface area contributed by atoms with Crippen LogP contribution in [0.25, 0.3) is 0 Å². The van der Waals surface area contributed by atoms with Gasteiger partial charge >= 0.3 is 5.97 Å². The molecule has 0 bridgehead atoms. The minimum absolute atomic E-state index is 0.245. The second kappa shape index (κ2) is 5.74. The summed E-state index contributed by atoms with van der Waals surface area (Å²) in [5, 5.41) is 0. The summed E-state index contributed by atoms with van der Waals surface area (Å²) in [5.41, 5.74) is 0. The van der Waals surface area contributed by atoms with Gasteiger partial charge in [-0.15, -0.1) is 0 Å². The Morgan fingerprint density at radius 1 is 1.57 bits per heavy atom. The normalized spacial score (nSPS) is 27.0. The molecular weight excluding hydrogens is 188 g/mol. The summed E-state index contributed by atoms with van der Waals surface area (Å²) in [6.07, 6.45) is 2.90. The predicted octanol–water partition coefficient (Wildman–Crippen LogP) is 0.799. The van der Waals surface area contributed by atoms with E-state index in [0.717, 1.165) is 0 Å². The Morgan fingerprint density at radius 3 is 3.00 bits per heavy atom. The molecule has 1 aliphatic heterocycles. The first-order valence-corrected chi connectivity index (χ1v) is 4.46. The van der Waals surface area contributed by atoms with E-state index in [0.29, 0.717) is 13.0 Å². The summed E-state index contributed by atoms with van der Waals surface area (Å²) in [4.78, 5) is 20.5. The van der Waals surface area contributed by atoms with Crippen molar-refractivity contribution in [2.45, 2.75) is 25.7 Å². The Balaban J connectivity index is 2.28. The van der Waals surface area contributed by atoms with Crippen molar-refractivity contribution in [3.63, 3.8) is 0 Å². The topological polar surface area (TPSA) is 54.0 Å². The molecule has 5 heteroatoms. The van der Waals surface area contributed by atoms with Crippen molar-refractivity contribution in [3.05, 3.63) is 12.2 Å². The van der Waals surface area contributed by atoms with Crippen LogP contribution in [-0.4, -0.2) is 32.1 Å². The van der Waals surface area contributed by atoms with Crippen molar-refractivity contribution in [1.82, 2.24) is 0 Å². The van der Waals surface area contributed by atoms with E-state index in [-0.39, 0.29) is 12.4 Å². The van der Waals surface area contributed by atoms with Gasteiger partial charge < -0.3 is 9.47 Å². The Morgan fingerprint density at radius 2 is 2.36 bits per heavy atom. The molecule has 1 aliphatic rings. The van der Waals surface area contributed by atoms with Gasteiger partial charge in [0.25, 0.3) is 0 Å². The molecule has 1 fully saturated rings. The van der Waals surface area contributed by atoms with Gasteiger partial charge in [0.1, 0.15) is 6.10 Å². The van der Waals surface area contributed by atoms with E-state index >= 15 is 0 Å². The minimum Gasteiger partial charge on any atom is -0.466 e. The lowest BCUT2D eigenvalue weighted by Gasteiger charge is -2.03. The van der Waals surface area contributed by atoms with Gasteiger partial charge in [-0.3, -0.25) is 0 Å². The highest BCUT2D eigenvalue weighted by molar-refractivity contribution is 5.81. The molecule has 5 nitrogen and oxygen atoms in total. The highest BCUT2D eigenvalue weighted by atomic mass is 17.2. The molecule has 14 heavy (non-hydrogen) atoms. The Labute approximate surface area is 82.5 Å². The number of hydrogen-bond donors (Lipinski definition) is 0. The molecule has 0 radical (unpaired) electrons. The molecule has 0 aromatic carbocycles. The maximum absolute atomic E-state index is 10.7. The molecule has 0 aromatic heterocycles. The molecule has 0 spiro atoms. The summed E-state index contributed by atoms with van der Waals surface area (Å²) in [6, 6.07) is 0. The fourth-order valence-corrected chi connectivity index (χ4v) is 1.05. The highest BCUT2D eigenvalue weighted by Gasteiger charge is 2.25. The lowest BCUT2D eigenvalue weighted by Crippen LogP contribution is -2.10. The summed E-state index contributed by atoms with van der Waals surface area (Å²) >= 11 is 0. The van der Waals surface area contributed by atoms with Crippen LogP contribution in [0.4, 0.5) is 0 Å². The molecule has 1 heterocycles. The fraction of sp³-hybridized carbons (Fsp3) is 0.667. The molecule has 0 saturated carbocycles. The van der Waals surface area contributed by atoms with E-state index in [1.54, 1.807) is 6.08 Å². The van der Waals surface area contributed by atoms with Crippen molar-refractivity contribution in [3.8, 4) is 0 Å². The number of methoxy groups -OCH3 is 1. The molecule has 0 aliphatic carbocycles. The average molecular weight is 202 g/mol. The molecule has 0 aromatic rings. The van der Waals surface area contributed by atoms with E-state index in [9.17, 15) is 4.79 Å². The van der Waals surface area contributed by atoms with E-state index in [1.165, 1.54) is 13.2 Å². The second-order valence-corrected chi connectivity index (χ2v) is 2.73. The number of hydrogen-bond acceptors (Lipinski definition) is 5. The zero-order valence-electron chi connectivity index (χ0n) is 8.26. The van der Waals surface area contributed by atoms with Gasteiger partial charge in [-0.2, -0.15) is 0 Å². The van der Waals surface area contributed by atoms with Crippen molar-refractivity contribution in [2.75, 3.05) is 13.7 Å². The second-order valence-electron chi connectivity index (χ2n) is 2.73. The van der Waals surface area contributed by atoms with Crippen LogP contribution in [0.2, 0.25) is 0 Å². The Hall–Kier alpha value is -0.910. The summed E-state index contributed by atoms with van der Waals surface area (Å²) < 4.78 is 9.60. The van der Waals surface area contributed by atoms with E-state index in [4.69, 9.17) is 14.5 Å². The first-order chi connectivity index (χ1) is 6.76. The van der Waals surface area contributed by atoms with E-state index in [2.05, 4.69) is 4.74 Å². The number of esters is 1. The van der Waals surface area contributed by atoms with Crippen molar-refractivity contribution in [1.29, 1.82) is 0 Å². The van der Waals surface area contributed by atoms with Crippen LogP contribution in [-0.2, 0) is 24.0 Å². The van der Waals surface area contributed by atoms with Crippen molar-refractivity contribution < 1.29 is 24.0 Å². The summed E-state index contributed by atoms with van der Waals surface area (Å²) in [5.74, 6) is -0.409. The number of ether oxygens (including phenoxy) is 2. The minimum atomic E-state index is -0.409. The van der Waals surface area contributed by atoms with Crippen LogP contribution in [0, 0.1) is 0 Å². The zero-order chi connectivity index (χ0) is 10.4. The van der Waals surface area contributed by atoms with E-state index < -0.39 is 5.97 Å². The lowest BCUT2D eigenvalue weighted by molar-refractivity contribution is -0.336. The van der Waals surface area contributed by atoms with Crippen LogP contribution >= 0.6 is 0 Å². The highest BCUT2D eigenvalue weighted by Crippen LogP contribution is 2.18. The van der Waals surface area contributed by atoms with Gasteiger partial charge in [0.2, 0.25) is 0 Å². The molecule has 0 unspecified atom stereocenters. The van der Waals surface area contributed by atoms with Gasteiger partial charge in [-0.25, -0.2) is 14.6 Å². The van der Waals surface area contributed by atoms with Crippen LogP contribution in [0.5, 0.6) is 0 Å². The van der Waals surface area contributed by atoms with Crippen molar-refractivity contribution in [2.24, 2.45) is 0 Å². The van der Waals surface area contributed by atoms with Gasteiger partial charge in [0.15, 0.2) is 6.29 Å². The third-order valence-electron chi connectivity index (χ3n) is 1.71. The van der Waals surface area contributed by atoms with Gasteiger partial charge in [-0.05, 0) is 13.0 Å². The first kappa shape index (κ1) is 11.2. The molecular formula is C9H14O5. The van der Waals surface area contributed by atoms with Crippen LogP contribution in [0.3, 0.4) is 0 Å². The smallest absolute Gasteiger partial charge is 0.330 e. The maximum atomic E-state index is 10.7. The molecule has 0 N–H and O–H groups in total. The quantitative estimate of drug-likeness (QED) is 0.383. The van der Waals surface area contributed by atoms with Gasteiger partial charge in [0, 0.05) is 19.1 Å². The lowest BCUT2D eigenvalue weighted by atomic mass is 10.2. The predicted molar refractivity (Wildman–Crippen MR) is 47.1 cm³/mol. The van der Waals surface area contributed by atoms with Crippen LogP contribution < -0.4 is 0 Å². The van der Waals surface area contributed by atoms with Crippen LogP contribution in [0.1, 0.15) is 13.3 Å². The molecule has 2 atom stereocenters. The molecule has 1 saturated heterocycles.